The maximum Gasteiger partial charge on any atom is 0.175 e. The number of aryl methyl sites for hydroxylation is 2. The molecule has 0 saturated heterocycles. The maximum atomic E-state index is 5.39. The first-order valence-electron chi connectivity index (χ1n) is 6.90. The third-order valence-corrected chi connectivity index (χ3v) is 3.41. The molecule has 2 N–H and O–H groups in total. The Morgan fingerprint density at radius 2 is 1.23 bits per heavy atom. The van der Waals surface area contributed by atoms with Crippen LogP contribution < -0.4 is 20.1 Å². The van der Waals surface area contributed by atoms with Gasteiger partial charge < -0.3 is 20.1 Å². The molecule has 0 aliphatic rings. The number of nitrogens with one attached hydrogen (secondary N) is 2. The summed E-state index contributed by atoms with van der Waals surface area (Å²) in [5, 5.41) is 6.80. The van der Waals surface area contributed by atoms with E-state index < -0.39 is 0 Å². The molecule has 0 aliphatic heterocycles. The molecule has 22 heavy (non-hydrogen) atoms. The Balaban J connectivity index is 2.17. The number of anilines is 2. The average molecular weight is 316 g/mol. The van der Waals surface area contributed by atoms with E-state index in [1.54, 1.807) is 14.2 Å². The van der Waals surface area contributed by atoms with Crippen LogP contribution in [0.25, 0.3) is 0 Å². The molecule has 5 heteroatoms. The summed E-state index contributed by atoms with van der Waals surface area (Å²) >= 11 is 5.39. The van der Waals surface area contributed by atoms with Gasteiger partial charge in [0, 0.05) is 0 Å². The minimum Gasteiger partial charge on any atom is -0.495 e. The third-order valence-electron chi connectivity index (χ3n) is 3.21. The molecule has 0 amide bonds. The van der Waals surface area contributed by atoms with E-state index in [2.05, 4.69) is 10.6 Å². The molecule has 0 aromatic heterocycles. The van der Waals surface area contributed by atoms with E-state index in [1.165, 1.54) is 0 Å². The van der Waals surface area contributed by atoms with Crippen molar-refractivity contribution < 1.29 is 9.47 Å². The Hall–Kier alpha value is -2.27. The molecule has 0 saturated carbocycles. The second kappa shape index (κ2) is 7.13. The van der Waals surface area contributed by atoms with E-state index in [1.807, 2.05) is 50.2 Å². The molecule has 0 heterocycles. The second-order valence-corrected chi connectivity index (χ2v) is 5.39. The molecule has 0 unspecified atom stereocenters. The molecule has 2 aromatic rings. The SMILES string of the molecule is COc1ccc(C)cc1NC(=S)Nc1cc(C)ccc1OC. The number of thiocarbonyl (C=S) groups is 1. The van der Waals surface area contributed by atoms with Gasteiger partial charge >= 0.3 is 0 Å². The molecule has 0 spiro atoms. The zero-order valence-electron chi connectivity index (χ0n) is 13.2. The Labute approximate surface area is 136 Å². The maximum absolute atomic E-state index is 5.39. The van der Waals surface area contributed by atoms with Gasteiger partial charge in [0.25, 0.3) is 0 Å². The van der Waals surface area contributed by atoms with Gasteiger partial charge in [0.05, 0.1) is 25.6 Å². The van der Waals surface area contributed by atoms with Gasteiger partial charge in [-0.1, -0.05) is 12.1 Å². The molecule has 0 bridgehead atoms. The number of ether oxygens (including phenoxy) is 2. The van der Waals surface area contributed by atoms with Crippen LogP contribution in [0.1, 0.15) is 11.1 Å². The Morgan fingerprint density at radius 1 is 0.818 bits per heavy atom. The highest BCUT2D eigenvalue weighted by Crippen LogP contribution is 2.27. The highest BCUT2D eigenvalue weighted by Gasteiger charge is 2.08. The number of methoxy groups -OCH3 is 2. The zero-order chi connectivity index (χ0) is 16.1. The van der Waals surface area contributed by atoms with Gasteiger partial charge in [-0.3, -0.25) is 0 Å². The lowest BCUT2D eigenvalue weighted by atomic mass is 10.2. The van der Waals surface area contributed by atoms with Crippen molar-refractivity contribution in [3.63, 3.8) is 0 Å². The molecule has 0 aliphatic carbocycles. The van der Waals surface area contributed by atoms with Gasteiger partial charge in [0.1, 0.15) is 11.5 Å². The molecule has 0 radical (unpaired) electrons. The first-order valence-corrected chi connectivity index (χ1v) is 7.31. The van der Waals surface area contributed by atoms with Crippen LogP contribution in [0.4, 0.5) is 11.4 Å². The van der Waals surface area contributed by atoms with E-state index in [4.69, 9.17) is 21.7 Å². The summed E-state index contributed by atoms with van der Waals surface area (Å²) in [6, 6.07) is 11.8. The first kappa shape index (κ1) is 16.1. The van der Waals surface area contributed by atoms with Gasteiger partial charge in [-0.2, -0.15) is 0 Å². The fourth-order valence-electron chi connectivity index (χ4n) is 2.11. The van der Waals surface area contributed by atoms with Gasteiger partial charge in [0.2, 0.25) is 0 Å². The fourth-order valence-corrected chi connectivity index (χ4v) is 2.33. The molecule has 2 rings (SSSR count). The van der Waals surface area contributed by atoms with Crippen LogP contribution in [0.15, 0.2) is 36.4 Å². The standard InChI is InChI=1S/C17H20N2O2S/c1-11-5-7-15(20-3)13(9-11)18-17(22)19-14-10-12(2)6-8-16(14)21-4/h5-10H,1-4H3,(H2,18,19,22). The number of rotatable bonds is 4. The van der Waals surface area contributed by atoms with E-state index in [0.717, 1.165) is 34.0 Å². The van der Waals surface area contributed by atoms with Crippen molar-refractivity contribution in [3.8, 4) is 11.5 Å². The summed E-state index contributed by atoms with van der Waals surface area (Å²) in [7, 11) is 3.27. The topological polar surface area (TPSA) is 42.5 Å². The molecular formula is C17H20N2O2S. The predicted octanol–water partition coefficient (Wildman–Crippen LogP) is 4.13. The van der Waals surface area contributed by atoms with Crippen molar-refractivity contribution in [3.05, 3.63) is 47.5 Å². The van der Waals surface area contributed by atoms with Gasteiger partial charge in [-0.05, 0) is 61.5 Å². The summed E-state index contributed by atoms with van der Waals surface area (Å²) in [6.07, 6.45) is 0. The summed E-state index contributed by atoms with van der Waals surface area (Å²) in [6.45, 7) is 4.04. The van der Waals surface area contributed by atoms with E-state index in [-0.39, 0.29) is 0 Å². The summed E-state index contributed by atoms with van der Waals surface area (Å²) in [5.74, 6) is 1.48. The largest absolute Gasteiger partial charge is 0.495 e. The number of hydrogen-bond donors (Lipinski definition) is 2. The Kier molecular flexibility index (Phi) is 5.22. The van der Waals surface area contributed by atoms with Crippen LogP contribution >= 0.6 is 12.2 Å². The lowest BCUT2D eigenvalue weighted by molar-refractivity contribution is 0.416. The van der Waals surface area contributed by atoms with Gasteiger partial charge in [0.15, 0.2) is 5.11 Å². The minimum atomic E-state index is 0.479. The van der Waals surface area contributed by atoms with Gasteiger partial charge in [-0.25, -0.2) is 0 Å². The van der Waals surface area contributed by atoms with Crippen LogP contribution in [0.3, 0.4) is 0 Å². The van der Waals surface area contributed by atoms with Crippen LogP contribution in [-0.4, -0.2) is 19.3 Å². The lowest BCUT2D eigenvalue weighted by Crippen LogP contribution is -2.20. The van der Waals surface area contributed by atoms with Crippen molar-refractivity contribution in [1.82, 2.24) is 0 Å². The van der Waals surface area contributed by atoms with Crippen molar-refractivity contribution in [2.24, 2.45) is 0 Å². The highest BCUT2D eigenvalue weighted by atomic mass is 32.1. The van der Waals surface area contributed by atoms with Crippen molar-refractivity contribution >= 4 is 28.7 Å². The summed E-state index contributed by atoms with van der Waals surface area (Å²) < 4.78 is 10.7. The highest BCUT2D eigenvalue weighted by molar-refractivity contribution is 7.80. The number of benzene rings is 2. The van der Waals surface area contributed by atoms with E-state index in [0.29, 0.717) is 5.11 Å². The predicted molar refractivity (Wildman–Crippen MR) is 95.3 cm³/mol. The van der Waals surface area contributed by atoms with Crippen LogP contribution in [0.2, 0.25) is 0 Å². The van der Waals surface area contributed by atoms with Crippen molar-refractivity contribution in [1.29, 1.82) is 0 Å². The van der Waals surface area contributed by atoms with Crippen molar-refractivity contribution in [2.75, 3.05) is 24.9 Å². The monoisotopic (exact) mass is 316 g/mol. The average Bonchev–Trinajstić information content (AvgIpc) is 2.47. The summed E-state index contributed by atoms with van der Waals surface area (Å²) in [4.78, 5) is 0. The van der Waals surface area contributed by atoms with Crippen LogP contribution in [0, 0.1) is 13.8 Å². The normalized spacial score (nSPS) is 10.0. The summed E-state index contributed by atoms with van der Waals surface area (Å²) in [5.41, 5.74) is 3.90. The molecule has 4 nitrogen and oxygen atoms in total. The molecular weight excluding hydrogens is 296 g/mol. The Morgan fingerprint density at radius 3 is 1.59 bits per heavy atom. The number of hydrogen-bond acceptors (Lipinski definition) is 3. The lowest BCUT2D eigenvalue weighted by Gasteiger charge is -2.16. The Bertz CT molecular complexity index is 629. The third kappa shape index (κ3) is 3.89. The molecule has 0 fully saturated rings. The van der Waals surface area contributed by atoms with E-state index >= 15 is 0 Å². The second-order valence-electron chi connectivity index (χ2n) is 4.99. The van der Waals surface area contributed by atoms with Gasteiger partial charge in [-0.15, -0.1) is 0 Å². The van der Waals surface area contributed by atoms with Crippen molar-refractivity contribution in [2.45, 2.75) is 13.8 Å². The fraction of sp³-hybridized carbons (Fsp3) is 0.235. The quantitative estimate of drug-likeness (QED) is 0.830. The molecule has 116 valence electrons. The minimum absolute atomic E-state index is 0.479. The zero-order valence-corrected chi connectivity index (χ0v) is 14.0. The molecule has 0 atom stereocenters. The first-order chi connectivity index (χ1) is 10.5. The van der Waals surface area contributed by atoms with E-state index in [9.17, 15) is 0 Å². The molecule has 2 aromatic carbocycles. The smallest absolute Gasteiger partial charge is 0.175 e. The van der Waals surface area contributed by atoms with Crippen LogP contribution in [-0.2, 0) is 0 Å². The van der Waals surface area contributed by atoms with Crippen LogP contribution in [0.5, 0.6) is 11.5 Å².